The normalized spacial score (nSPS) is 12.9. The molecule has 1 aromatic heterocycles. The van der Waals surface area contributed by atoms with Crippen molar-refractivity contribution in [1.82, 2.24) is 24.9 Å². The first-order chi connectivity index (χ1) is 12.8. The second-order valence-corrected chi connectivity index (χ2v) is 7.78. The maximum Gasteiger partial charge on any atom is 0.214 e. The van der Waals surface area contributed by atoms with E-state index in [-0.39, 0.29) is 12.3 Å². The van der Waals surface area contributed by atoms with Crippen molar-refractivity contribution in [3.63, 3.8) is 0 Å². The summed E-state index contributed by atoms with van der Waals surface area (Å²) in [5.41, 5.74) is 1.10. The second-order valence-electron chi connectivity index (χ2n) is 5.91. The lowest BCUT2D eigenvalue weighted by molar-refractivity contribution is 0.503. The average molecular weight is 393 g/mol. The second kappa shape index (κ2) is 7.89. The van der Waals surface area contributed by atoms with Gasteiger partial charge in [-0.15, -0.1) is 10.2 Å². The Hall–Kier alpha value is -2.72. The summed E-state index contributed by atoms with van der Waals surface area (Å²) < 4.78 is 53.2. The van der Waals surface area contributed by atoms with Crippen LogP contribution in [0.1, 0.15) is 18.5 Å². The van der Waals surface area contributed by atoms with Gasteiger partial charge in [-0.3, -0.25) is 0 Å². The predicted octanol–water partition coefficient (Wildman–Crippen LogP) is 2.30. The number of halogens is 2. The minimum Gasteiger partial charge on any atom is -0.212 e. The number of aromatic nitrogens is 4. The van der Waals surface area contributed by atoms with Gasteiger partial charge >= 0.3 is 0 Å². The molecule has 0 bridgehead atoms. The quantitative estimate of drug-likeness (QED) is 0.665. The third-order valence-corrected chi connectivity index (χ3v) is 5.28. The zero-order valence-corrected chi connectivity index (χ0v) is 15.2. The molecule has 0 spiro atoms. The van der Waals surface area contributed by atoms with E-state index in [0.717, 1.165) is 17.7 Å². The molecule has 3 rings (SSSR count). The van der Waals surface area contributed by atoms with Crippen LogP contribution in [-0.2, 0) is 16.6 Å². The van der Waals surface area contributed by atoms with Crippen LogP contribution < -0.4 is 4.72 Å². The highest BCUT2D eigenvalue weighted by Crippen LogP contribution is 2.17. The van der Waals surface area contributed by atoms with Gasteiger partial charge in [-0.05, 0) is 29.8 Å². The van der Waals surface area contributed by atoms with Crippen molar-refractivity contribution >= 4 is 10.0 Å². The molecule has 0 fully saturated rings. The van der Waals surface area contributed by atoms with Crippen molar-refractivity contribution in [2.45, 2.75) is 19.5 Å². The third-order valence-electron chi connectivity index (χ3n) is 3.84. The number of rotatable bonds is 7. The molecule has 1 atom stereocenters. The van der Waals surface area contributed by atoms with Crippen LogP contribution in [0.5, 0.6) is 0 Å². The van der Waals surface area contributed by atoms with Gasteiger partial charge in [0, 0.05) is 11.6 Å². The first-order valence-corrected chi connectivity index (χ1v) is 9.77. The molecule has 0 saturated carbocycles. The maximum atomic E-state index is 13.3. The van der Waals surface area contributed by atoms with Crippen LogP contribution in [0.2, 0.25) is 0 Å². The molecule has 1 unspecified atom stereocenters. The summed E-state index contributed by atoms with van der Waals surface area (Å²) in [5, 5.41) is 11.9. The maximum absolute atomic E-state index is 13.3. The van der Waals surface area contributed by atoms with E-state index in [9.17, 15) is 17.2 Å². The lowest BCUT2D eigenvalue weighted by atomic mass is 10.1. The summed E-state index contributed by atoms with van der Waals surface area (Å²) >= 11 is 0. The molecule has 27 heavy (non-hydrogen) atoms. The highest BCUT2D eigenvalue weighted by molar-refractivity contribution is 7.89. The number of hydrogen-bond donors (Lipinski definition) is 1. The zero-order valence-electron chi connectivity index (χ0n) is 14.4. The average Bonchev–Trinajstić information content (AvgIpc) is 3.12. The zero-order chi connectivity index (χ0) is 19.4. The molecule has 0 radical (unpaired) electrons. The number of benzene rings is 2. The Bertz CT molecular complexity index is 1020. The lowest BCUT2D eigenvalue weighted by Crippen LogP contribution is -2.31. The molecule has 0 saturated heterocycles. The fraction of sp³-hybridized carbons (Fsp3) is 0.235. The molecule has 1 heterocycles. The summed E-state index contributed by atoms with van der Waals surface area (Å²) in [4.78, 5) is 1.20. The summed E-state index contributed by atoms with van der Waals surface area (Å²) in [7, 11) is -3.70. The van der Waals surface area contributed by atoms with Crippen molar-refractivity contribution in [3.8, 4) is 11.4 Å². The fourth-order valence-electron chi connectivity index (χ4n) is 2.42. The first kappa shape index (κ1) is 19.1. The minimum atomic E-state index is -3.70. The first-order valence-electron chi connectivity index (χ1n) is 8.12. The van der Waals surface area contributed by atoms with Crippen molar-refractivity contribution in [2.75, 3.05) is 5.75 Å². The molecule has 0 amide bonds. The van der Waals surface area contributed by atoms with Crippen LogP contribution in [0.25, 0.3) is 11.4 Å². The summed E-state index contributed by atoms with van der Waals surface area (Å²) in [5.74, 6) is -1.90. The summed E-state index contributed by atoms with van der Waals surface area (Å²) in [6, 6.07) is 11.7. The van der Waals surface area contributed by atoms with E-state index in [1.807, 2.05) is 30.3 Å². The van der Waals surface area contributed by atoms with E-state index in [4.69, 9.17) is 0 Å². The Morgan fingerprint density at radius 1 is 1.11 bits per heavy atom. The Kier molecular flexibility index (Phi) is 5.57. The molecule has 0 aliphatic heterocycles. The highest BCUT2D eigenvalue weighted by atomic mass is 32.2. The molecular weight excluding hydrogens is 376 g/mol. The van der Waals surface area contributed by atoms with Crippen LogP contribution in [0.3, 0.4) is 0 Å². The molecule has 10 heteroatoms. The van der Waals surface area contributed by atoms with Crippen LogP contribution in [-0.4, -0.2) is 34.4 Å². The van der Waals surface area contributed by atoms with Gasteiger partial charge in [0.15, 0.2) is 11.6 Å². The topological polar surface area (TPSA) is 89.8 Å². The van der Waals surface area contributed by atoms with Crippen LogP contribution in [0, 0.1) is 11.6 Å². The van der Waals surface area contributed by atoms with E-state index in [2.05, 4.69) is 20.1 Å². The number of sulfonamides is 1. The summed E-state index contributed by atoms with van der Waals surface area (Å²) in [6.07, 6.45) is 0. The SMILES string of the molecule is CC(NS(=O)(=O)CCn1nnc(-c2ccccc2)n1)c1ccc(F)c(F)c1. The Morgan fingerprint density at radius 3 is 2.56 bits per heavy atom. The van der Waals surface area contributed by atoms with Gasteiger partial charge in [0.1, 0.15) is 0 Å². The van der Waals surface area contributed by atoms with Gasteiger partial charge in [0.25, 0.3) is 0 Å². The molecule has 1 N–H and O–H groups in total. The van der Waals surface area contributed by atoms with E-state index in [1.165, 1.54) is 10.9 Å². The molecule has 3 aromatic rings. The van der Waals surface area contributed by atoms with Gasteiger partial charge in [-0.1, -0.05) is 36.4 Å². The molecule has 142 valence electrons. The lowest BCUT2D eigenvalue weighted by Gasteiger charge is -2.14. The standard InChI is InChI=1S/C17H17F2N5O2S/c1-12(14-7-8-15(18)16(19)11-14)22-27(25,26)10-9-24-21-17(20-23-24)13-5-3-2-4-6-13/h2-8,11-12,22H,9-10H2,1H3. The minimum absolute atomic E-state index is 0.000332. The molecule has 0 aliphatic rings. The van der Waals surface area contributed by atoms with E-state index >= 15 is 0 Å². The molecule has 0 aliphatic carbocycles. The van der Waals surface area contributed by atoms with Crippen LogP contribution >= 0.6 is 0 Å². The van der Waals surface area contributed by atoms with Gasteiger partial charge < -0.3 is 0 Å². The van der Waals surface area contributed by atoms with Gasteiger partial charge in [-0.25, -0.2) is 21.9 Å². The smallest absolute Gasteiger partial charge is 0.212 e. The van der Waals surface area contributed by atoms with E-state index in [0.29, 0.717) is 11.4 Å². The number of hydrogen-bond acceptors (Lipinski definition) is 5. The Balaban J connectivity index is 1.61. The van der Waals surface area contributed by atoms with Crippen LogP contribution in [0.4, 0.5) is 8.78 Å². The molecule has 7 nitrogen and oxygen atoms in total. The van der Waals surface area contributed by atoms with Crippen molar-refractivity contribution in [2.24, 2.45) is 0 Å². The number of nitrogens with zero attached hydrogens (tertiary/aromatic N) is 4. The number of aryl methyl sites for hydroxylation is 1. The van der Waals surface area contributed by atoms with Crippen molar-refractivity contribution < 1.29 is 17.2 Å². The summed E-state index contributed by atoms with van der Waals surface area (Å²) in [6.45, 7) is 1.55. The predicted molar refractivity (Wildman–Crippen MR) is 94.9 cm³/mol. The Labute approximate surface area is 155 Å². The van der Waals surface area contributed by atoms with E-state index < -0.39 is 27.7 Å². The number of tetrazole rings is 1. The van der Waals surface area contributed by atoms with Gasteiger partial charge in [-0.2, -0.15) is 4.80 Å². The van der Waals surface area contributed by atoms with Gasteiger partial charge in [0.05, 0.1) is 12.3 Å². The third kappa shape index (κ3) is 4.92. The molecular formula is C17H17F2N5O2S. The Morgan fingerprint density at radius 2 is 1.85 bits per heavy atom. The monoisotopic (exact) mass is 393 g/mol. The fourth-order valence-corrected chi connectivity index (χ4v) is 3.62. The highest BCUT2D eigenvalue weighted by Gasteiger charge is 2.18. The van der Waals surface area contributed by atoms with Crippen molar-refractivity contribution in [3.05, 3.63) is 65.7 Å². The molecule has 2 aromatic carbocycles. The largest absolute Gasteiger partial charge is 0.214 e. The van der Waals surface area contributed by atoms with Crippen LogP contribution in [0.15, 0.2) is 48.5 Å². The van der Waals surface area contributed by atoms with Gasteiger partial charge in [0.2, 0.25) is 15.8 Å². The number of nitrogens with one attached hydrogen (secondary N) is 1. The van der Waals surface area contributed by atoms with Crippen molar-refractivity contribution in [1.29, 1.82) is 0 Å². The van der Waals surface area contributed by atoms with E-state index in [1.54, 1.807) is 6.92 Å².